The molecule has 3 nitrogen and oxygen atoms in total. The lowest BCUT2D eigenvalue weighted by atomic mass is 9.63. The van der Waals surface area contributed by atoms with Crippen LogP contribution in [0.4, 0.5) is 0 Å². The second-order valence-electron chi connectivity index (χ2n) is 19.3. The second-order valence-corrected chi connectivity index (χ2v) is 19.3. The second kappa shape index (κ2) is 14.2. The Hall–Kier alpha value is -2.00. The minimum absolute atomic E-state index is 0.130. The van der Waals surface area contributed by atoms with E-state index < -0.39 is 0 Å². The molecule has 6 unspecified atom stereocenters. The van der Waals surface area contributed by atoms with Crippen molar-refractivity contribution in [1.29, 1.82) is 0 Å². The molecule has 0 heterocycles. The molecule has 0 aromatic heterocycles. The van der Waals surface area contributed by atoms with Crippen molar-refractivity contribution in [3.8, 4) is 11.5 Å². The number of hydrogen-bond acceptors (Lipinski definition) is 3. The first-order valence-corrected chi connectivity index (χ1v) is 18.4. The number of hydrogen-bond donors (Lipinski definition) is 1. The first kappa shape index (κ1) is 36.8. The summed E-state index contributed by atoms with van der Waals surface area (Å²) in [5.74, 6) is 4.30. The van der Waals surface area contributed by atoms with Gasteiger partial charge in [0.25, 0.3) is 0 Å². The molecule has 0 saturated heterocycles. The molecule has 2 saturated carbocycles. The van der Waals surface area contributed by atoms with Crippen LogP contribution in [-0.4, -0.2) is 17.5 Å². The van der Waals surface area contributed by atoms with Gasteiger partial charge in [-0.15, -0.1) is 0 Å². The van der Waals surface area contributed by atoms with Crippen LogP contribution in [0.15, 0.2) is 48.5 Å². The summed E-state index contributed by atoms with van der Waals surface area (Å²) >= 11 is 0. The van der Waals surface area contributed by atoms with Gasteiger partial charge in [0, 0.05) is 5.92 Å². The highest BCUT2D eigenvalue weighted by Crippen LogP contribution is 2.52. The van der Waals surface area contributed by atoms with Crippen molar-refractivity contribution < 1.29 is 14.6 Å². The Morgan fingerprint density at radius 1 is 0.717 bits per heavy atom. The number of ether oxygens (including phenoxy) is 2. The average Bonchev–Trinajstić information content (AvgIpc) is 3.58. The van der Waals surface area contributed by atoms with Crippen molar-refractivity contribution in [2.24, 2.45) is 39.4 Å². The predicted octanol–water partition coefficient (Wildman–Crippen LogP) is 12.5. The van der Waals surface area contributed by atoms with Crippen molar-refractivity contribution in [3.05, 3.63) is 59.7 Å². The lowest BCUT2D eigenvalue weighted by molar-refractivity contribution is -0.149. The van der Waals surface area contributed by atoms with Crippen LogP contribution in [0.2, 0.25) is 0 Å². The van der Waals surface area contributed by atoms with E-state index in [1.165, 1.54) is 43.2 Å². The number of phenolic OH excluding ortho intramolecular Hbond substituents is 1. The van der Waals surface area contributed by atoms with Crippen LogP contribution >= 0.6 is 0 Å². The maximum absolute atomic E-state index is 9.96. The maximum Gasteiger partial charge on any atom is 0.203 e. The van der Waals surface area contributed by atoms with Gasteiger partial charge in [-0.3, -0.25) is 0 Å². The molecule has 3 heteroatoms. The molecule has 2 fully saturated rings. The molecule has 258 valence electrons. The number of benzene rings is 2. The van der Waals surface area contributed by atoms with E-state index in [2.05, 4.69) is 119 Å². The van der Waals surface area contributed by atoms with E-state index in [4.69, 9.17) is 9.47 Å². The molecular weight excluding hydrogens is 564 g/mol. The molecule has 2 aliphatic carbocycles. The Morgan fingerprint density at radius 3 is 1.80 bits per heavy atom. The number of fused-ring (bicyclic) bond motifs is 2. The van der Waals surface area contributed by atoms with Crippen molar-refractivity contribution >= 4 is 0 Å². The van der Waals surface area contributed by atoms with Crippen LogP contribution in [0.1, 0.15) is 157 Å². The van der Waals surface area contributed by atoms with Crippen LogP contribution in [0, 0.1) is 39.4 Å². The van der Waals surface area contributed by atoms with Gasteiger partial charge in [0.1, 0.15) is 11.5 Å². The van der Waals surface area contributed by atoms with Crippen molar-refractivity contribution in [2.75, 3.05) is 0 Å². The van der Waals surface area contributed by atoms with Gasteiger partial charge in [-0.1, -0.05) is 99.9 Å². The Kier molecular flexibility index (Phi) is 11.4. The smallest absolute Gasteiger partial charge is 0.203 e. The Morgan fingerprint density at radius 2 is 1.30 bits per heavy atom. The van der Waals surface area contributed by atoms with E-state index in [1.54, 1.807) is 0 Å². The van der Waals surface area contributed by atoms with E-state index in [9.17, 15) is 5.11 Å². The molecule has 46 heavy (non-hydrogen) atoms. The van der Waals surface area contributed by atoms with Crippen LogP contribution in [0.5, 0.6) is 11.5 Å². The summed E-state index contributed by atoms with van der Waals surface area (Å²) in [6.07, 6.45) is 9.94. The van der Waals surface area contributed by atoms with E-state index in [1.807, 2.05) is 12.1 Å². The summed E-state index contributed by atoms with van der Waals surface area (Å²) in [5, 5.41) is 9.96. The van der Waals surface area contributed by atoms with Gasteiger partial charge in [-0.25, -0.2) is 0 Å². The minimum atomic E-state index is -0.148. The van der Waals surface area contributed by atoms with Crippen molar-refractivity contribution in [2.45, 2.75) is 159 Å². The molecule has 2 aliphatic rings. The van der Waals surface area contributed by atoms with Gasteiger partial charge < -0.3 is 14.6 Å². The Labute approximate surface area is 283 Å². The molecule has 0 radical (unpaired) electrons. The normalized spacial score (nSPS) is 22.7. The molecule has 2 aromatic rings. The fraction of sp³-hybridized carbons (Fsp3) is 0.721. The average molecular weight is 633 g/mol. The van der Waals surface area contributed by atoms with Crippen molar-refractivity contribution in [1.82, 2.24) is 0 Å². The summed E-state index contributed by atoms with van der Waals surface area (Å²) in [6, 6.07) is 17.0. The summed E-state index contributed by atoms with van der Waals surface area (Å²) < 4.78 is 13.0. The van der Waals surface area contributed by atoms with E-state index in [0.717, 1.165) is 36.8 Å². The van der Waals surface area contributed by atoms with Crippen molar-refractivity contribution in [3.63, 3.8) is 0 Å². The molecule has 2 aromatic carbocycles. The molecule has 4 rings (SSSR count). The molecule has 6 atom stereocenters. The van der Waals surface area contributed by atoms with Gasteiger partial charge in [0.05, 0.1) is 6.10 Å². The van der Waals surface area contributed by atoms with E-state index >= 15 is 0 Å². The van der Waals surface area contributed by atoms with Crippen LogP contribution < -0.4 is 4.74 Å². The molecule has 0 spiro atoms. The standard InChI is InChI=1S/C43H68O3/c1-29(2)45-39(36-26-30-13-14-33(36)25-30)46-35-21-17-31(18-22-35)37(41(6,7)8)28-42(9,10)23-24-43(11,12)38(27-40(3,4)5)32-15-19-34(44)20-16-32/h15-22,29-30,33,36-39,44H,13-14,23-28H2,1-12H3. The highest BCUT2D eigenvalue weighted by Gasteiger charge is 2.45. The van der Waals surface area contributed by atoms with Gasteiger partial charge in [-0.2, -0.15) is 0 Å². The molecule has 2 bridgehead atoms. The molecule has 0 aliphatic heterocycles. The fourth-order valence-electron chi connectivity index (χ4n) is 8.60. The largest absolute Gasteiger partial charge is 0.508 e. The Balaban J connectivity index is 1.46. The Bertz CT molecular complexity index is 1220. The molecular formula is C43H68O3. The monoisotopic (exact) mass is 633 g/mol. The lowest BCUT2D eigenvalue weighted by Crippen LogP contribution is -2.35. The topological polar surface area (TPSA) is 38.7 Å². The predicted molar refractivity (Wildman–Crippen MR) is 195 cm³/mol. The molecule has 1 N–H and O–H groups in total. The van der Waals surface area contributed by atoms with Crippen LogP contribution in [0.3, 0.4) is 0 Å². The van der Waals surface area contributed by atoms with E-state index in [-0.39, 0.29) is 34.1 Å². The zero-order valence-corrected chi connectivity index (χ0v) is 31.6. The van der Waals surface area contributed by atoms with Gasteiger partial charge in [0.15, 0.2) is 0 Å². The van der Waals surface area contributed by atoms with Gasteiger partial charge in [-0.05, 0) is 140 Å². The maximum atomic E-state index is 9.96. The third-order valence-electron chi connectivity index (χ3n) is 11.4. The SMILES string of the molecule is CC(C)OC(Oc1ccc(C(CC(C)(C)CCC(C)(C)C(CC(C)(C)C)c2ccc(O)cc2)C(C)(C)C)cc1)C1CC2CCC1C2. The number of rotatable bonds is 14. The van der Waals surface area contributed by atoms with Gasteiger partial charge >= 0.3 is 0 Å². The first-order chi connectivity index (χ1) is 21.2. The van der Waals surface area contributed by atoms with Crippen LogP contribution in [0.25, 0.3) is 0 Å². The highest BCUT2D eigenvalue weighted by molar-refractivity contribution is 5.31. The quantitative estimate of drug-likeness (QED) is 0.211. The highest BCUT2D eigenvalue weighted by atomic mass is 16.7. The summed E-state index contributed by atoms with van der Waals surface area (Å²) in [7, 11) is 0. The zero-order chi connectivity index (χ0) is 34.1. The number of phenols is 1. The summed E-state index contributed by atoms with van der Waals surface area (Å²) in [4.78, 5) is 0. The van der Waals surface area contributed by atoms with Gasteiger partial charge in [0.2, 0.25) is 6.29 Å². The van der Waals surface area contributed by atoms with E-state index in [0.29, 0.717) is 23.5 Å². The molecule has 0 amide bonds. The zero-order valence-electron chi connectivity index (χ0n) is 31.6. The third-order valence-corrected chi connectivity index (χ3v) is 11.4. The fourth-order valence-corrected chi connectivity index (χ4v) is 8.60. The number of aromatic hydroxyl groups is 1. The lowest BCUT2D eigenvalue weighted by Gasteiger charge is -2.42. The summed E-state index contributed by atoms with van der Waals surface area (Å²) in [5.41, 5.74) is 3.42. The third kappa shape index (κ3) is 10.0. The summed E-state index contributed by atoms with van der Waals surface area (Å²) in [6.45, 7) is 28.3. The van der Waals surface area contributed by atoms with Crippen LogP contribution in [-0.2, 0) is 4.74 Å². The first-order valence-electron chi connectivity index (χ1n) is 18.4. The minimum Gasteiger partial charge on any atom is -0.508 e.